The topological polar surface area (TPSA) is 125 Å². The van der Waals surface area contributed by atoms with Gasteiger partial charge in [0.1, 0.15) is 5.60 Å². The van der Waals surface area contributed by atoms with E-state index in [0.717, 1.165) is 44.9 Å². The number of carboxylic acid groups (broad SMARTS) is 1. The van der Waals surface area contributed by atoms with Gasteiger partial charge in [0.05, 0.1) is 12.3 Å². The number of nitrogens with zero attached hydrogens (tertiary/aromatic N) is 1. The fraction of sp³-hybridized carbons (Fsp3) is 0.655. The van der Waals surface area contributed by atoms with E-state index in [9.17, 15) is 24.3 Å². The largest absolute Gasteiger partial charge is 0.481 e. The van der Waals surface area contributed by atoms with Crippen LogP contribution >= 0.6 is 0 Å². The van der Waals surface area contributed by atoms with Crippen molar-refractivity contribution in [1.82, 2.24) is 15.5 Å². The Morgan fingerprint density at radius 1 is 1.00 bits per heavy atom. The van der Waals surface area contributed by atoms with E-state index < -0.39 is 23.6 Å². The smallest absolute Gasteiger partial charge is 0.407 e. The Morgan fingerprint density at radius 2 is 1.68 bits per heavy atom. The number of hydrogen-bond donors (Lipinski definition) is 3. The van der Waals surface area contributed by atoms with Gasteiger partial charge in [-0.15, -0.1) is 0 Å². The molecule has 38 heavy (non-hydrogen) atoms. The summed E-state index contributed by atoms with van der Waals surface area (Å²) < 4.78 is 5.20. The number of aryl methyl sites for hydroxylation is 1. The SMILES string of the molecule is CC(C)(C)OC(=O)NCCCCCCCC(=O)NC[C@@H]1C[C@@H](CC(=O)O)C(=O)N1CCCc1ccccc1. The van der Waals surface area contributed by atoms with Crippen LogP contribution in [0, 0.1) is 5.92 Å². The van der Waals surface area contributed by atoms with Crippen molar-refractivity contribution < 1.29 is 29.0 Å². The summed E-state index contributed by atoms with van der Waals surface area (Å²) in [6.07, 6.45) is 6.42. The summed E-state index contributed by atoms with van der Waals surface area (Å²) in [6, 6.07) is 9.87. The predicted octanol–water partition coefficient (Wildman–Crippen LogP) is 4.29. The zero-order valence-electron chi connectivity index (χ0n) is 23.2. The van der Waals surface area contributed by atoms with Crippen molar-refractivity contribution in [2.45, 2.75) is 96.6 Å². The molecule has 0 unspecified atom stereocenters. The van der Waals surface area contributed by atoms with E-state index in [-0.39, 0.29) is 24.3 Å². The van der Waals surface area contributed by atoms with Gasteiger partial charge in [-0.1, -0.05) is 49.6 Å². The van der Waals surface area contributed by atoms with E-state index in [0.29, 0.717) is 32.5 Å². The molecule has 9 heteroatoms. The average Bonchev–Trinajstić information content (AvgIpc) is 3.12. The molecule has 0 aromatic heterocycles. The van der Waals surface area contributed by atoms with E-state index in [1.54, 1.807) is 4.90 Å². The first kappa shape index (κ1) is 31.1. The van der Waals surface area contributed by atoms with Crippen LogP contribution in [0.1, 0.15) is 84.1 Å². The minimum absolute atomic E-state index is 0.0463. The molecule has 1 aliphatic rings. The Balaban J connectivity index is 1.65. The molecule has 1 aromatic rings. The van der Waals surface area contributed by atoms with Gasteiger partial charge in [0.15, 0.2) is 0 Å². The molecule has 1 aromatic carbocycles. The Kier molecular flexibility index (Phi) is 13.1. The maximum atomic E-state index is 12.9. The molecule has 3 N–H and O–H groups in total. The first-order valence-corrected chi connectivity index (χ1v) is 13.8. The molecule has 0 radical (unpaired) electrons. The summed E-state index contributed by atoms with van der Waals surface area (Å²) in [4.78, 5) is 49.9. The van der Waals surface area contributed by atoms with Gasteiger partial charge in [-0.25, -0.2) is 4.79 Å². The minimum Gasteiger partial charge on any atom is -0.481 e. The Bertz CT molecular complexity index is 899. The van der Waals surface area contributed by atoms with Gasteiger partial charge in [-0.05, 0) is 58.4 Å². The third kappa shape index (κ3) is 12.4. The lowest BCUT2D eigenvalue weighted by Crippen LogP contribution is -2.42. The number of carboxylic acids is 1. The number of ether oxygens (including phenoxy) is 1. The van der Waals surface area contributed by atoms with E-state index in [4.69, 9.17) is 4.74 Å². The highest BCUT2D eigenvalue weighted by Gasteiger charge is 2.40. The lowest BCUT2D eigenvalue weighted by Gasteiger charge is -2.25. The molecule has 0 aliphatic carbocycles. The second-order valence-electron chi connectivity index (χ2n) is 11.1. The summed E-state index contributed by atoms with van der Waals surface area (Å²) >= 11 is 0. The lowest BCUT2D eigenvalue weighted by atomic mass is 10.0. The van der Waals surface area contributed by atoms with Crippen molar-refractivity contribution in [3.8, 4) is 0 Å². The van der Waals surface area contributed by atoms with Crippen molar-refractivity contribution >= 4 is 23.9 Å². The Labute approximate surface area is 226 Å². The number of aliphatic carboxylic acids is 1. The number of alkyl carbamates (subject to hydrolysis) is 1. The first-order valence-electron chi connectivity index (χ1n) is 13.8. The molecule has 1 heterocycles. The number of unbranched alkanes of at least 4 members (excludes halogenated alkanes) is 4. The van der Waals surface area contributed by atoms with Crippen LogP contribution in [0.4, 0.5) is 4.79 Å². The quantitative estimate of drug-likeness (QED) is 0.273. The number of rotatable bonds is 16. The molecular weight excluding hydrogens is 486 g/mol. The highest BCUT2D eigenvalue weighted by atomic mass is 16.6. The van der Waals surface area contributed by atoms with Gasteiger partial charge in [-0.3, -0.25) is 14.4 Å². The summed E-state index contributed by atoms with van der Waals surface area (Å²) in [7, 11) is 0. The third-order valence-electron chi connectivity index (χ3n) is 6.54. The van der Waals surface area contributed by atoms with Gasteiger partial charge in [0.2, 0.25) is 11.8 Å². The molecule has 2 rings (SSSR count). The van der Waals surface area contributed by atoms with Gasteiger partial charge in [0, 0.05) is 32.1 Å². The number of carbonyl (C=O) groups is 4. The van der Waals surface area contributed by atoms with Crippen molar-refractivity contribution in [2.24, 2.45) is 5.92 Å². The average molecular weight is 532 g/mol. The van der Waals surface area contributed by atoms with Crippen molar-refractivity contribution in [2.75, 3.05) is 19.6 Å². The highest BCUT2D eigenvalue weighted by Crippen LogP contribution is 2.27. The maximum Gasteiger partial charge on any atom is 0.407 e. The summed E-state index contributed by atoms with van der Waals surface area (Å²) in [5.41, 5.74) is 0.698. The Hall–Kier alpha value is -3.10. The lowest BCUT2D eigenvalue weighted by molar-refractivity contribution is -0.142. The number of hydrogen-bond acceptors (Lipinski definition) is 5. The molecule has 2 atom stereocenters. The third-order valence-corrected chi connectivity index (χ3v) is 6.54. The molecule has 0 spiro atoms. The molecule has 0 bridgehead atoms. The van der Waals surface area contributed by atoms with Crippen LogP contribution in [-0.4, -0.2) is 65.2 Å². The van der Waals surface area contributed by atoms with Crippen LogP contribution in [0.5, 0.6) is 0 Å². The molecule has 1 fully saturated rings. The molecule has 212 valence electrons. The van der Waals surface area contributed by atoms with Crippen LogP contribution in [0.3, 0.4) is 0 Å². The monoisotopic (exact) mass is 531 g/mol. The highest BCUT2D eigenvalue weighted by molar-refractivity contribution is 5.85. The van der Waals surface area contributed by atoms with Crippen LogP contribution < -0.4 is 10.6 Å². The van der Waals surface area contributed by atoms with Gasteiger partial charge in [-0.2, -0.15) is 0 Å². The van der Waals surface area contributed by atoms with Crippen LogP contribution in [0.25, 0.3) is 0 Å². The number of benzene rings is 1. The van der Waals surface area contributed by atoms with Gasteiger partial charge in [0.25, 0.3) is 0 Å². The van der Waals surface area contributed by atoms with Crippen LogP contribution in [0.15, 0.2) is 30.3 Å². The van der Waals surface area contributed by atoms with Crippen LogP contribution in [0.2, 0.25) is 0 Å². The van der Waals surface area contributed by atoms with E-state index in [1.165, 1.54) is 5.56 Å². The molecule has 1 aliphatic heterocycles. The second kappa shape index (κ2) is 16.0. The van der Waals surface area contributed by atoms with E-state index in [1.807, 2.05) is 39.0 Å². The summed E-state index contributed by atoms with van der Waals surface area (Å²) in [5, 5.41) is 14.9. The zero-order valence-corrected chi connectivity index (χ0v) is 23.2. The van der Waals surface area contributed by atoms with E-state index >= 15 is 0 Å². The standard InChI is InChI=1S/C29H45N3O6/c1-29(2,3)38-28(37)30-17-11-6-4-5-10-16-25(33)31-21-24-19-23(20-26(34)35)27(36)32(24)18-12-15-22-13-8-7-9-14-22/h7-9,13-14,23-24H,4-6,10-12,15-21H2,1-3H3,(H,30,37)(H,31,33)(H,34,35)/t23-,24-/m0/s1. The Morgan fingerprint density at radius 3 is 2.37 bits per heavy atom. The molecule has 3 amide bonds. The molecule has 1 saturated heterocycles. The van der Waals surface area contributed by atoms with E-state index in [2.05, 4.69) is 22.8 Å². The normalized spacial score (nSPS) is 17.3. The number of amides is 3. The predicted molar refractivity (Wildman–Crippen MR) is 146 cm³/mol. The number of likely N-dealkylation sites (tertiary alicyclic amines) is 1. The zero-order chi connectivity index (χ0) is 28.0. The first-order chi connectivity index (χ1) is 18.0. The molecule has 9 nitrogen and oxygen atoms in total. The van der Waals surface area contributed by atoms with Crippen molar-refractivity contribution in [1.29, 1.82) is 0 Å². The molecule has 0 saturated carbocycles. The number of nitrogens with one attached hydrogen (secondary N) is 2. The van der Waals surface area contributed by atoms with Gasteiger partial charge < -0.3 is 25.4 Å². The van der Waals surface area contributed by atoms with Crippen molar-refractivity contribution in [3.05, 3.63) is 35.9 Å². The fourth-order valence-electron chi connectivity index (χ4n) is 4.70. The summed E-state index contributed by atoms with van der Waals surface area (Å²) in [6.45, 7) is 6.95. The minimum atomic E-state index is -0.974. The van der Waals surface area contributed by atoms with Crippen LogP contribution in [-0.2, 0) is 25.5 Å². The molecular formula is C29H45N3O6. The maximum absolute atomic E-state index is 12.9. The fourth-order valence-corrected chi connectivity index (χ4v) is 4.70. The second-order valence-corrected chi connectivity index (χ2v) is 11.1. The van der Waals surface area contributed by atoms with Crippen molar-refractivity contribution in [3.63, 3.8) is 0 Å². The number of carbonyl (C=O) groups excluding carboxylic acids is 3. The summed E-state index contributed by atoms with van der Waals surface area (Å²) in [5.74, 6) is -1.68. The van der Waals surface area contributed by atoms with Gasteiger partial charge >= 0.3 is 12.1 Å².